The van der Waals surface area contributed by atoms with Crippen molar-refractivity contribution in [3.63, 3.8) is 0 Å². The van der Waals surface area contributed by atoms with Crippen LogP contribution in [-0.4, -0.2) is 17.1 Å². The summed E-state index contributed by atoms with van der Waals surface area (Å²) in [6.07, 6.45) is 2.69. The standard InChI is InChI=1S/C12H14N2O/c1-9-13-8-11(14-9)7-10-5-3-4-6-12(10)15-2/h3-6,8H,7H2,1-2H3,(H,13,14). The smallest absolute Gasteiger partial charge is 0.122 e. The number of rotatable bonds is 3. The van der Waals surface area contributed by atoms with Crippen molar-refractivity contribution in [3.05, 3.63) is 47.5 Å². The summed E-state index contributed by atoms with van der Waals surface area (Å²) >= 11 is 0. The Labute approximate surface area is 89.1 Å². The van der Waals surface area contributed by atoms with Gasteiger partial charge in [0.2, 0.25) is 0 Å². The maximum Gasteiger partial charge on any atom is 0.122 e. The first-order chi connectivity index (χ1) is 7.29. The highest BCUT2D eigenvalue weighted by atomic mass is 16.5. The minimum absolute atomic E-state index is 0.824. The van der Waals surface area contributed by atoms with Crippen LogP contribution in [0.25, 0.3) is 0 Å². The van der Waals surface area contributed by atoms with Gasteiger partial charge < -0.3 is 9.72 Å². The van der Waals surface area contributed by atoms with E-state index in [1.54, 1.807) is 7.11 Å². The van der Waals surface area contributed by atoms with Crippen molar-refractivity contribution in [1.29, 1.82) is 0 Å². The third-order valence-corrected chi connectivity index (χ3v) is 2.33. The van der Waals surface area contributed by atoms with E-state index >= 15 is 0 Å². The first-order valence-corrected chi connectivity index (χ1v) is 4.92. The zero-order chi connectivity index (χ0) is 10.7. The molecular weight excluding hydrogens is 188 g/mol. The second-order valence-electron chi connectivity index (χ2n) is 3.48. The van der Waals surface area contributed by atoms with E-state index in [-0.39, 0.29) is 0 Å². The summed E-state index contributed by atoms with van der Waals surface area (Å²) in [5, 5.41) is 0. The van der Waals surface area contributed by atoms with Crippen molar-refractivity contribution in [3.8, 4) is 5.75 Å². The summed E-state index contributed by atoms with van der Waals surface area (Å²) in [6.45, 7) is 1.95. The van der Waals surface area contributed by atoms with E-state index in [4.69, 9.17) is 4.74 Å². The van der Waals surface area contributed by atoms with Crippen LogP contribution in [0.15, 0.2) is 30.5 Å². The molecule has 2 rings (SSSR count). The van der Waals surface area contributed by atoms with Crippen LogP contribution in [0.4, 0.5) is 0 Å². The maximum absolute atomic E-state index is 5.29. The van der Waals surface area contributed by atoms with E-state index in [1.807, 2.05) is 31.3 Å². The molecule has 0 spiro atoms. The van der Waals surface area contributed by atoms with Gasteiger partial charge in [-0.15, -0.1) is 0 Å². The van der Waals surface area contributed by atoms with Gasteiger partial charge in [0.25, 0.3) is 0 Å². The number of nitrogens with zero attached hydrogens (tertiary/aromatic N) is 1. The van der Waals surface area contributed by atoms with Gasteiger partial charge in [-0.05, 0) is 13.0 Å². The highest BCUT2D eigenvalue weighted by Crippen LogP contribution is 2.19. The molecule has 78 valence electrons. The van der Waals surface area contributed by atoms with Crippen LogP contribution in [0.2, 0.25) is 0 Å². The number of benzene rings is 1. The van der Waals surface area contributed by atoms with Crippen molar-refractivity contribution in [2.75, 3.05) is 7.11 Å². The number of ether oxygens (including phenoxy) is 1. The summed E-state index contributed by atoms with van der Waals surface area (Å²) in [5.41, 5.74) is 2.28. The molecule has 1 heterocycles. The predicted molar refractivity (Wildman–Crippen MR) is 59.1 cm³/mol. The largest absolute Gasteiger partial charge is 0.496 e. The topological polar surface area (TPSA) is 37.9 Å². The molecule has 15 heavy (non-hydrogen) atoms. The number of aryl methyl sites for hydroxylation is 1. The quantitative estimate of drug-likeness (QED) is 0.829. The molecule has 2 aromatic rings. The van der Waals surface area contributed by atoms with Crippen LogP contribution in [0.3, 0.4) is 0 Å². The van der Waals surface area contributed by atoms with Crippen LogP contribution in [0.5, 0.6) is 5.75 Å². The van der Waals surface area contributed by atoms with E-state index in [0.717, 1.165) is 23.7 Å². The van der Waals surface area contributed by atoms with E-state index < -0.39 is 0 Å². The summed E-state index contributed by atoms with van der Waals surface area (Å²) < 4.78 is 5.29. The van der Waals surface area contributed by atoms with Gasteiger partial charge in [-0.2, -0.15) is 0 Å². The van der Waals surface area contributed by atoms with Gasteiger partial charge in [-0.1, -0.05) is 18.2 Å². The maximum atomic E-state index is 5.29. The molecular formula is C12H14N2O. The number of nitrogens with one attached hydrogen (secondary N) is 1. The Morgan fingerprint density at radius 1 is 1.33 bits per heavy atom. The zero-order valence-corrected chi connectivity index (χ0v) is 8.95. The number of aromatic nitrogens is 2. The SMILES string of the molecule is COc1ccccc1Cc1cnc(C)[nH]1. The number of H-pyrrole nitrogens is 1. The predicted octanol–water partition coefficient (Wildman–Crippen LogP) is 2.32. The van der Waals surface area contributed by atoms with Gasteiger partial charge in [0.05, 0.1) is 7.11 Å². The first-order valence-electron chi connectivity index (χ1n) is 4.92. The molecule has 1 N–H and O–H groups in total. The van der Waals surface area contributed by atoms with Crippen molar-refractivity contribution < 1.29 is 4.74 Å². The Hall–Kier alpha value is -1.77. The molecule has 1 aromatic carbocycles. The molecule has 0 amide bonds. The van der Waals surface area contributed by atoms with E-state index in [0.29, 0.717) is 0 Å². The molecule has 3 nitrogen and oxygen atoms in total. The van der Waals surface area contributed by atoms with Crippen LogP contribution in [-0.2, 0) is 6.42 Å². The number of methoxy groups -OCH3 is 1. The summed E-state index contributed by atoms with van der Waals surface area (Å²) in [4.78, 5) is 7.38. The number of aromatic amines is 1. The van der Waals surface area contributed by atoms with Crippen LogP contribution >= 0.6 is 0 Å². The molecule has 0 unspecified atom stereocenters. The lowest BCUT2D eigenvalue weighted by Gasteiger charge is -2.06. The highest BCUT2D eigenvalue weighted by molar-refractivity contribution is 5.35. The van der Waals surface area contributed by atoms with Gasteiger partial charge in [-0.25, -0.2) is 4.98 Å². The lowest BCUT2D eigenvalue weighted by atomic mass is 10.1. The van der Waals surface area contributed by atoms with Crippen LogP contribution in [0, 0.1) is 6.92 Å². The fourth-order valence-electron chi connectivity index (χ4n) is 1.62. The van der Waals surface area contributed by atoms with Crippen LogP contribution in [0.1, 0.15) is 17.1 Å². The average molecular weight is 202 g/mol. The molecule has 0 aliphatic carbocycles. The molecule has 3 heteroatoms. The van der Waals surface area contributed by atoms with Gasteiger partial charge in [0, 0.05) is 23.9 Å². The van der Waals surface area contributed by atoms with Gasteiger partial charge in [0.15, 0.2) is 0 Å². The van der Waals surface area contributed by atoms with Gasteiger partial charge in [-0.3, -0.25) is 0 Å². The van der Waals surface area contributed by atoms with Crippen molar-refractivity contribution in [1.82, 2.24) is 9.97 Å². The molecule has 0 bridgehead atoms. The molecule has 0 aliphatic rings. The number of imidazole rings is 1. The molecule has 1 aromatic heterocycles. The first kappa shape index (κ1) is 9.77. The van der Waals surface area contributed by atoms with E-state index in [2.05, 4.69) is 16.0 Å². The Kier molecular flexibility index (Phi) is 2.72. The Morgan fingerprint density at radius 2 is 2.13 bits per heavy atom. The van der Waals surface area contributed by atoms with Crippen molar-refractivity contribution in [2.45, 2.75) is 13.3 Å². The Bertz CT molecular complexity index is 448. The highest BCUT2D eigenvalue weighted by Gasteiger charge is 2.04. The minimum atomic E-state index is 0.824. The number of para-hydroxylation sites is 1. The molecule has 0 aliphatic heterocycles. The fourth-order valence-corrected chi connectivity index (χ4v) is 1.62. The summed E-state index contributed by atoms with van der Waals surface area (Å²) in [5.74, 6) is 1.87. The number of hydrogen-bond donors (Lipinski definition) is 1. The zero-order valence-electron chi connectivity index (χ0n) is 8.95. The molecule has 0 saturated heterocycles. The van der Waals surface area contributed by atoms with Gasteiger partial charge >= 0.3 is 0 Å². The molecule has 0 fully saturated rings. The Morgan fingerprint density at radius 3 is 2.80 bits per heavy atom. The van der Waals surface area contributed by atoms with E-state index in [1.165, 1.54) is 5.56 Å². The summed E-state index contributed by atoms with van der Waals surface area (Å²) in [7, 11) is 1.69. The van der Waals surface area contributed by atoms with Crippen molar-refractivity contribution in [2.24, 2.45) is 0 Å². The third kappa shape index (κ3) is 2.18. The Balaban J connectivity index is 2.23. The average Bonchev–Trinajstić information content (AvgIpc) is 2.65. The third-order valence-electron chi connectivity index (χ3n) is 2.33. The lowest BCUT2D eigenvalue weighted by Crippen LogP contribution is -1.93. The normalized spacial score (nSPS) is 10.3. The summed E-state index contributed by atoms with van der Waals surface area (Å²) in [6, 6.07) is 8.02. The second-order valence-corrected chi connectivity index (χ2v) is 3.48. The van der Waals surface area contributed by atoms with E-state index in [9.17, 15) is 0 Å². The minimum Gasteiger partial charge on any atom is -0.496 e. The van der Waals surface area contributed by atoms with Crippen LogP contribution < -0.4 is 4.74 Å². The molecule has 0 radical (unpaired) electrons. The van der Waals surface area contributed by atoms with Gasteiger partial charge in [0.1, 0.15) is 11.6 Å². The second kappa shape index (κ2) is 4.17. The lowest BCUT2D eigenvalue weighted by molar-refractivity contribution is 0.410. The monoisotopic (exact) mass is 202 g/mol. The fraction of sp³-hybridized carbons (Fsp3) is 0.250. The number of hydrogen-bond acceptors (Lipinski definition) is 2. The molecule has 0 saturated carbocycles. The van der Waals surface area contributed by atoms with Crippen molar-refractivity contribution >= 4 is 0 Å². The molecule has 0 atom stereocenters.